The molecule has 0 radical (unpaired) electrons. The van der Waals surface area contributed by atoms with Gasteiger partial charge in [-0.2, -0.15) is 0 Å². The quantitative estimate of drug-likeness (QED) is 0.494. The average Bonchev–Trinajstić information content (AvgIpc) is 2.92. The lowest BCUT2D eigenvalue weighted by atomic mass is 9.61. The van der Waals surface area contributed by atoms with Crippen molar-refractivity contribution in [2.24, 2.45) is 5.41 Å². The number of benzene rings is 1. The molecular weight excluding hydrogens is 454 g/mol. The number of hydrogen-bond donors (Lipinski definition) is 1. The third kappa shape index (κ3) is 4.01. The first-order valence-electron chi connectivity index (χ1n) is 10.3. The number of ether oxygens (including phenoxy) is 2. The number of carbonyl (C=O) groups excluding carboxylic acids is 1. The van der Waals surface area contributed by atoms with Crippen molar-refractivity contribution in [2.75, 3.05) is 13.7 Å². The van der Waals surface area contributed by atoms with E-state index in [1.54, 1.807) is 7.11 Å². The molecule has 3 rings (SSSR count). The van der Waals surface area contributed by atoms with E-state index in [0.717, 1.165) is 47.7 Å². The molecule has 7 heteroatoms. The van der Waals surface area contributed by atoms with Crippen LogP contribution in [0.15, 0.2) is 22.7 Å². The van der Waals surface area contributed by atoms with Gasteiger partial charge >= 0.3 is 5.97 Å². The fourth-order valence-electron chi connectivity index (χ4n) is 4.83. The lowest BCUT2D eigenvalue weighted by Gasteiger charge is -2.48. The molecule has 2 aliphatic carbocycles. The van der Waals surface area contributed by atoms with Crippen LogP contribution in [0.1, 0.15) is 64.5 Å². The van der Waals surface area contributed by atoms with Crippen molar-refractivity contribution in [3.8, 4) is 0 Å². The first-order chi connectivity index (χ1) is 13.6. The molecule has 0 heterocycles. The summed E-state index contributed by atoms with van der Waals surface area (Å²) in [4.78, 5) is 13.7. The third-order valence-corrected chi connectivity index (χ3v) is 8.50. The summed E-state index contributed by atoms with van der Waals surface area (Å²) in [5.74, 6) is -0.328. The number of halogens is 1. The highest BCUT2D eigenvalue weighted by Gasteiger charge is 2.66. The maximum Gasteiger partial charge on any atom is 0.336 e. The molecule has 1 aromatic carbocycles. The summed E-state index contributed by atoms with van der Waals surface area (Å²) < 4.78 is 28.3. The van der Waals surface area contributed by atoms with Gasteiger partial charge in [0.2, 0.25) is 0 Å². The van der Waals surface area contributed by atoms with Gasteiger partial charge in [0, 0.05) is 28.4 Å². The predicted molar refractivity (Wildman–Crippen MR) is 119 cm³/mol. The fraction of sp³-hybridized carbons (Fsp3) is 0.682. The summed E-state index contributed by atoms with van der Waals surface area (Å²) in [6.45, 7) is 7.85. The Morgan fingerprint density at radius 3 is 2.55 bits per heavy atom. The highest BCUT2D eigenvalue weighted by atomic mass is 79.9. The van der Waals surface area contributed by atoms with Gasteiger partial charge in [-0.25, -0.2) is 4.79 Å². The van der Waals surface area contributed by atoms with E-state index in [1.165, 1.54) is 0 Å². The van der Waals surface area contributed by atoms with Crippen LogP contribution in [0, 0.1) is 5.41 Å². The average molecular weight is 486 g/mol. The molecule has 0 bridgehead atoms. The van der Waals surface area contributed by atoms with Gasteiger partial charge in [0.1, 0.15) is 4.75 Å². The van der Waals surface area contributed by atoms with Crippen molar-refractivity contribution in [1.82, 2.24) is 4.72 Å². The van der Waals surface area contributed by atoms with E-state index >= 15 is 0 Å². The molecule has 1 unspecified atom stereocenters. The maximum atomic E-state index is 13.7. The lowest BCUT2D eigenvalue weighted by Crippen LogP contribution is -2.64. The molecule has 0 aliphatic heterocycles. The van der Waals surface area contributed by atoms with Crippen molar-refractivity contribution >= 4 is 33.3 Å². The second kappa shape index (κ2) is 8.50. The summed E-state index contributed by atoms with van der Waals surface area (Å²) in [5.41, 5.74) is 0.478. The van der Waals surface area contributed by atoms with E-state index < -0.39 is 27.1 Å². The second-order valence-electron chi connectivity index (χ2n) is 9.15. The van der Waals surface area contributed by atoms with Crippen LogP contribution in [0.4, 0.5) is 0 Å². The Labute approximate surface area is 185 Å². The maximum absolute atomic E-state index is 13.7. The zero-order chi connectivity index (χ0) is 21.4. The Morgan fingerprint density at radius 2 is 2.00 bits per heavy atom. The third-order valence-electron chi connectivity index (χ3n) is 6.41. The Kier molecular flexibility index (Phi) is 6.76. The molecule has 2 aliphatic rings. The van der Waals surface area contributed by atoms with E-state index in [9.17, 15) is 9.35 Å². The summed E-state index contributed by atoms with van der Waals surface area (Å²) in [5, 5.41) is 0. The molecule has 29 heavy (non-hydrogen) atoms. The van der Waals surface area contributed by atoms with E-state index in [-0.39, 0.29) is 18.7 Å². The highest BCUT2D eigenvalue weighted by molar-refractivity contribution is 9.10. The molecule has 1 saturated carbocycles. The van der Waals surface area contributed by atoms with Crippen molar-refractivity contribution < 1.29 is 18.8 Å². The summed E-state index contributed by atoms with van der Waals surface area (Å²) in [7, 11) is 1.74. The van der Waals surface area contributed by atoms with E-state index in [0.29, 0.717) is 0 Å². The molecule has 0 amide bonds. The van der Waals surface area contributed by atoms with Gasteiger partial charge in [-0.15, -0.1) is 4.72 Å². The van der Waals surface area contributed by atoms with Crippen LogP contribution in [0.5, 0.6) is 0 Å². The lowest BCUT2D eigenvalue weighted by molar-refractivity contribution is -0.159. The summed E-state index contributed by atoms with van der Waals surface area (Å²) in [6, 6.07) is 6.08. The molecule has 1 aromatic rings. The summed E-state index contributed by atoms with van der Waals surface area (Å²) >= 11 is 2.13. The summed E-state index contributed by atoms with van der Waals surface area (Å²) in [6.07, 6.45) is 4.33. The van der Waals surface area contributed by atoms with Crippen LogP contribution in [-0.4, -0.2) is 35.1 Å². The highest BCUT2D eigenvalue weighted by Crippen LogP contribution is 2.59. The molecule has 0 saturated heterocycles. The van der Waals surface area contributed by atoms with E-state index in [4.69, 9.17) is 9.47 Å². The Hall–Kier alpha value is -0.600. The van der Waals surface area contributed by atoms with Crippen LogP contribution in [-0.2, 0) is 37.6 Å². The van der Waals surface area contributed by atoms with Gasteiger partial charge in [0.05, 0.1) is 12.7 Å². The molecule has 2 atom stereocenters. The minimum atomic E-state index is -1.44. The minimum Gasteiger partial charge on any atom is -0.598 e. The first kappa shape index (κ1) is 23.1. The number of methoxy groups -OCH3 is 1. The first-order valence-corrected chi connectivity index (χ1v) is 12.2. The molecule has 1 spiro atoms. The normalized spacial score (nSPS) is 30.2. The van der Waals surface area contributed by atoms with Gasteiger partial charge in [-0.3, -0.25) is 0 Å². The number of hydrogen-bond acceptors (Lipinski definition) is 5. The largest absolute Gasteiger partial charge is 0.598 e. The second-order valence-corrected chi connectivity index (χ2v) is 12.0. The number of rotatable bonds is 5. The number of fused-ring (bicyclic) bond motifs is 1. The smallest absolute Gasteiger partial charge is 0.336 e. The van der Waals surface area contributed by atoms with E-state index in [2.05, 4.69) is 26.7 Å². The van der Waals surface area contributed by atoms with Crippen LogP contribution in [0.25, 0.3) is 0 Å². The number of nitrogens with one attached hydrogen (secondary N) is 1. The molecule has 5 nitrogen and oxygen atoms in total. The number of carbonyl (C=O) groups is 1. The van der Waals surface area contributed by atoms with Gasteiger partial charge in [0.15, 0.2) is 5.54 Å². The Balaban J connectivity index is 2.18. The van der Waals surface area contributed by atoms with Crippen molar-refractivity contribution in [2.45, 2.75) is 76.2 Å². The predicted octanol–water partition coefficient (Wildman–Crippen LogP) is 4.39. The van der Waals surface area contributed by atoms with Gasteiger partial charge in [-0.05, 0) is 83.1 Å². The van der Waals surface area contributed by atoms with Crippen LogP contribution in [0.3, 0.4) is 0 Å². The van der Waals surface area contributed by atoms with Gasteiger partial charge in [-0.1, -0.05) is 22.0 Å². The van der Waals surface area contributed by atoms with Crippen molar-refractivity contribution in [3.63, 3.8) is 0 Å². The van der Waals surface area contributed by atoms with E-state index in [1.807, 2.05) is 39.8 Å². The van der Waals surface area contributed by atoms with Crippen LogP contribution >= 0.6 is 15.9 Å². The zero-order valence-electron chi connectivity index (χ0n) is 18.0. The monoisotopic (exact) mass is 485 g/mol. The van der Waals surface area contributed by atoms with Crippen molar-refractivity contribution in [1.29, 1.82) is 0 Å². The van der Waals surface area contributed by atoms with Gasteiger partial charge in [0.25, 0.3) is 0 Å². The van der Waals surface area contributed by atoms with Crippen LogP contribution in [0.2, 0.25) is 0 Å². The molecule has 1 N–H and O–H groups in total. The van der Waals surface area contributed by atoms with Crippen molar-refractivity contribution in [3.05, 3.63) is 33.8 Å². The Bertz CT molecular complexity index is 758. The number of esters is 1. The molecule has 162 valence electrons. The fourth-order valence-corrected chi connectivity index (χ4v) is 6.18. The Morgan fingerprint density at radius 1 is 1.34 bits per heavy atom. The zero-order valence-corrected chi connectivity index (χ0v) is 20.4. The van der Waals surface area contributed by atoms with Crippen LogP contribution < -0.4 is 4.72 Å². The SMILES string of the molecule is CCOC(=O)[C@@]1(N[S+]([O-])C(C)(C)C)c2cc(Br)ccc2CC12CCC(OC)CC2. The minimum absolute atomic E-state index is 0.198. The molecular formula is C22H32BrNO4S. The molecule has 1 fully saturated rings. The topological polar surface area (TPSA) is 70.6 Å². The standard InChI is InChI=1S/C22H32BrNO4S/c1-6-28-19(25)22(24-29(26)20(2,3)4)18-13-16(23)8-7-15(18)14-21(22)11-9-17(27-5)10-12-21/h7-8,13,17,24H,6,9-12,14H2,1-5H3/t17?,21?,22-,29?/m0/s1. The molecule has 0 aromatic heterocycles. The van der Waals surface area contributed by atoms with Gasteiger partial charge < -0.3 is 14.0 Å².